The second kappa shape index (κ2) is 8.27. The summed E-state index contributed by atoms with van der Waals surface area (Å²) in [5.41, 5.74) is 1.43. The van der Waals surface area contributed by atoms with Crippen LogP contribution < -0.4 is 10.1 Å². The van der Waals surface area contributed by atoms with Crippen LogP contribution in [0, 0.1) is 11.8 Å². The van der Waals surface area contributed by atoms with Gasteiger partial charge in [0.2, 0.25) is 5.88 Å². The monoisotopic (exact) mass is 297 g/mol. The Labute approximate surface area is 128 Å². The van der Waals surface area contributed by atoms with Crippen LogP contribution in [0.1, 0.15) is 11.3 Å². The largest absolute Gasteiger partial charge is 0.480 e. The van der Waals surface area contributed by atoms with E-state index in [9.17, 15) is 4.79 Å². The molecular weight excluding hydrogens is 282 g/mol. The van der Waals surface area contributed by atoms with Crippen LogP contribution in [-0.2, 0) is 11.3 Å². The van der Waals surface area contributed by atoms with Gasteiger partial charge in [0, 0.05) is 6.07 Å². The molecule has 2 rings (SSSR count). The zero-order valence-corrected chi connectivity index (χ0v) is 12.1. The highest BCUT2D eigenvalue weighted by molar-refractivity contribution is 5.67. The molecule has 0 saturated carbocycles. The van der Waals surface area contributed by atoms with Crippen LogP contribution in [0.4, 0.5) is 4.79 Å². The molecule has 0 saturated heterocycles. The third-order valence-corrected chi connectivity index (χ3v) is 2.60. The smallest absolute Gasteiger partial charge is 0.408 e. The molecule has 0 aliphatic heterocycles. The minimum Gasteiger partial charge on any atom is -0.480 e. The lowest BCUT2D eigenvalue weighted by Gasteiger charge is -2.04. The number of hydrogen-bond acceptors (Lipinski definition) is 5. The van der Waals surface area contributed by atoms with E-state index < -0.39 is 6.09 Å². The van der Waals surface area contributed by atoms with Crippen LogP contribution in [0.25, 0.3) is 0 Å². The van der Waals surface area contributed by atoms with Crippen molar-refractivity contribution in [2.75, 3.05) is 13.7 Å². The number of benzene rings is 1. The fourth-order valence-corrected chi connectivity index (χ4v) is 1.52. The Morgan fingerprint density at radius 3 is 2.68 bits per heavy atom. The van der Waals surface area contributed by atoms with Crippen molar-refractivity contribution in [1.29, 1.82) is 0 Å². The molecule has 1 amide bonds. The summed E-state index contributed by atoms with van der Waals surface area (Å²) < 4.78 is 9.94. The second-order valence-corrected chi connectivity index (χ2v) is 4.18. The quantitative estimate of drug-likeness (QED) is 0.871. The summed E-state index contributed by atoms with van der Waals surface area (Å²) in [5, 5.41) is 10.2. The van der Waals surface area contributed by atoms with Gasteiger partial charge in [-0.3, -0.25) is 0 Å². The molecule has 0 aliphatic rings. The van der Waals surface area contributed by atoms with Crippen LogP contribution >= 0.6 is 0 Å². The summed E-state index contributed by atoms with van der Waals surface area (Å²) in [5.74, 6) is 5.96. The van der Waals surface area contributed by atoms with E-state index in [1.807, 2.05) is 30.3 Å². The molecular formula is C16H15N3O3. The van der Waals surface area contributed by atoms with E-state index in [1.165, 1.54) is 7.11 Å². The number of nitrogens with zero attached hydrogens (tertiary/aromatic N) is 2. The van der Waals surface area contributed by atoms with Gasteiger partial charge in [-0.15, -0.1) is 10.2 Å². The van der Waals surface area contributed by atoms with E-state index in [1.54, 1.807) is 12.1 Å². The summed E-state index contributed by atoms with van der Waals surface area (Å²) >= 11 is 0. The maximum Gasteiger partial charge on any atom is 0.408 e. The van der Waals surface area contributed by atoms with Gasteiger partial charge in [-0.05, 0) is 17.6 Å². The fraction of sp³-hybridized carbons (Fsp3) is 0.188. The molecule has 6 nitrogen and oxygen atoms in total. The molecule has 1 heterocycles. The molecule has 1 aromatic carbocycles. The second-order valence-electron chi connectivity index (χ2n) is 4.18. The molecule has 1 aromatic heterocycles. The normalized spacial score (nSPS) is 9.32. The van der Waals surface area contributed by atoms with E-state index in [0.717, 1.165) is 5.56 Å². The van der Waals surface area contributed by atoms with Crippen LogP contribution in [-0.4, -0.2) is 29.9 Å². The first-order chi connectivity index (χ1) is 10.8. The number of hydrogen-bond donors (Lipinski definition) is 1. The van der Waals surface area contributed by atoms with Gasteiger partial charge >= 0.3 is 6.09 Å². The molecule has 0 spiro atoms. The molecule has 112 valence electrons. The Bertz CT molecular complexity index is 661. The van der Waals surface area contributed by atoms with Crippen LogP contribution in [0.5, 0.6) is 5.88 Å². The maximum absolute atomic E-state index is 11.5. The molecule has 0 unspecified atom stereocenters. The number of alkyl carbamates (subject to hydrolysis) is 1. The number of ether oxygens (including phenoxy) is 2. The van der Waals surface area contributed by atoms with Gasteiger partial charge in [-0.1, -0.05) is 36.3 Å². The van der Waals surface area contributed by atoms with Crippen LogP contribution in [0.15, 0.2) is 42.5 Å². The highest BCUT2D eigenvalue weighted by atomic mass is 16.5. The first-order valence-corrected chi connectivity index (χ1v) is 6.59. The number of carbonyl (C=O) groups excluding carboxylic acids is 1. The highest BCUT2D eigenvalue weighted by Gasteiger charge is 2.00. The summed E-state index contributed by atoms with van der Waals surface area (Å²) in [6, 6.07) is 12.8. The van der Waals surface area contributed by atoms with Gasteiger partial charge in [0.05, 0.1) is 13.7 Å². The summed E-state index contributed by atoms with van der Waals surface area (Å²) in [6.07, 6.45) is -0.515. The van der Waals surface area contributed by atoms with Crippen molar-refractivity contribution in [2.45, 2.75) is 6.61 Å². The lowest BCUT2D eigenvalue weighted by atomic mass is 10.2. The van der Waals surface area contributed by atoms with Crippen LogP contribution in [0.3, 0.4) is 0 Å². The fourth-order valence-electron chi connectivity index (χ4n) is 1.52. The van der Waals surface area contributed by atoms with Gasteiger partial charge < -0.3 is 14.8 Å². The Kier molecular flexibility index (Phi) is 5.76. The van der Waals surface area contributed by atoms with Gasteiger partial charge in [-0.2, -0.15) is 0 Å². The molecule has 0 bridgehead atoms. The Morgan fingerprint density at radius 1 is 1.18 bits per heavy atom. The minimum atomic E-state index is -0.515. The average Bonchev–Trinajstić information content (AvgIpc) is 2.58. The van der Waals surface area contributed by atoms with Gasteiger partial charge in [0.25, 0.3) is 0 Å². The number of methoxy groups -OCH3 is 1. The lowest BCUT2D eigenvalue weighted by molar-refractivity contribution is 0.141. The van der Waals surface area contributed by atoms with E-state index in [2.05, 4.69) is 27.4 Å². The zero-order valence-electron chi connectivity index (χ0n) is 12.1. The third kappa shape index (κ3) is 5.13. The Balaban J connectivity index is 1.71. The van der Waals surface area contributed by atoms with Crippen molar-refractivity contribution in [1.82, 2.24) is 15.5 Å². The maximum atomic E-state index is 11.5. The van der Waals surface area contributed by atoms with Gasteiger partial charge in [0.15, 0.2) is 0 Å². The van der Waals surface area contributed by atoms with Crippen molar-refractivity contribution in [3.05, 3.63) is 53.7 Å². The Morgan fingerprint density at radius 2 is 2.00 bits per heavy atom. The number of rotatable bonds is 4. The van der Waals surface area contributed by atoms with E-state index in [-0.39, 0.29) is 13.2 Å². The zero-order chi connectivity index (χ0) is 15.6. The molecule has 0 radical (unpaired) electrons. The molecule has 0 aliphatic carbocycles. The number of nitrogens with one attached hydrogen (secondary N) is 1. The van der Waals surface area contributed by atoms with Gasteiger partial charge in [-0.25, -0.2) is 4.79 Å². The van der Waals surface area contributed by atoms with Crippen molar-refractivity contribution >= 4 is 6.09 Å². The molecule has 0 atom stereocenters. The predicted octanol–water partition coefficient (Wildman–Crippen LogP) is 1.76. The van der Waals surface area contributed by atoms with Crippen LogP contribution in [0.2, 0.25) is 0 Å². The van der Waals surface area contributed by atoms with E-state index >= 15 is 0 Å². The number of aromatic nitrogens is 2. The first kappa shape index (κ1) is 15.3. The summed E-state index contributed by atoms with van der Waals surface area (Å²) in [7, 11) is 1.51. The van der Waals surface area contributed by atoms with Crippen molar-refractivity contribution in [2.24, 2.45) is 0 Å². The minimum absolute atomic E-state index is 0.168. The topological polar surface area (TPSA) is 73.3 Å². The molecule has 1 N–H and O–H groups in total. The van der Waals surface area contributed by atoms with Crippen molar-refractivity contribution < 1.29 is 14.3 Å². The summed E-state index contributed by atoms with van der Waals surface area (Å²) in [4.78, 5) is 11.5. The third-order valence-electron chi connectivity index (χ3n) is 2.60. The first-order valence-electron chi connectivity index (χ1n) is 6.59. The average molecular weight is 297 g/mol. The number of amides is 1. The van der Waals surface area contributed by atoms with E-state index in [4.69, 9.17) is 9.47 Å². The standard InChI is InChI=1S/C16H15N3O3/c1-21-15-10-9-14(18-19-15)8-5-11-17-16(20)22-12-13-6-3-2-4-7-13/h2-4,6-7,9-10H,11-12H2,1H3,(H,17,20). The van der Waals surface area contributed by atoms with Crippen molar-refractivity contribution in [3.63, 3.8) is 0 Å². The molecule has 6 heteroatoms. The SMILES string of the molecule is COc1ccc(C#CCNC(=O)OCc2ccccc2)nn1. The predicted molar refractivity (Wildman–Crippen MR) is 80.1 cm³/mol. The molecule has 2 aromatic rings. The highest BCUT2D eigenvalue weighted by Crippen LogP contribution is 2.02. The lowest BCUT2D eigenvalue weighted by Crippen LogP contribution is -2.24. The molecule has 0 fully saturated rings. The van der Waals surface area contributed by atoms with E-state index in [0.29, 0.717) is 11.6 Å². The molecule has 22 heavy (non-hydrogen) atoms. The van der Waals surface area contributed by atoms with Gasteiger partial charge in [0.1, 0.15) is 12.3 Å². The van der Waals surface area contributed by atoms with Crippen molar-refractivity contribution in [3.8, 4) is 17.7 Å². The summed E-state index contributed by atoms with van der Waals surface area (Å²) in [6.45, 7) is 0.394. The Hall–Kier alpha value is -3.07. The number of carbonyl (C=O) groups is 1.